The van der Waals surface area contributed by atoms with E-state index in [1.54, 1.807) is 0 Å². The zero-order chi connectivity index (χ0) is 18.0. The topological polar surface area (TPSA) is 66.7 Å². The first-order valence-electron chi connectivity index (χ1n) is 7.89. The number of amides is 2. The van der Waals surface area contributed by atoms with Crippen molar-refractivity contribution in [1.82, 2.24) is 19.6 Å². The number of alkyl halides is 3. The predicted molar refractivity (Wildman–Crippen MR) is 85.1 cm³/mol. The van der Waals surface area contributed by atoms with Crippen molar-refractivity contribution in [2.45, 2.75) is 25.4 Å². The number of hydrogen-bond acceptors (Lipinski definition) is 4. The van der Waals surface area contributed by atoms with Crippen LogP contribution in [0.15, 0.2) is 17.8 Å². The minimum Gasteiger partial charge on any atom is -0.355 e. The summed E-state index contributed by atoms with van der Waals surface area (Å²) in [7, 11) is 0. The number of halogens is 3. The van der Waals surface area contributed by atoms with Crippen LogP contribution in [-0.4, -0.2) is 51.9 Å². The molecule has 0 unspecified atom stereocenters. The Bertz CT molecular complexity index is 734. The smallest absolute Gasteiger partial charge is 0.355 e. The van der Waals surface area contributed by atoms with Crippen LogP contribution in [-0.2, 0) is 16.0 Å². The Morgan fingerprint density at radius 2 is 2.04 bits per heavy atom. The second-order valence-corrected chi connectivity index (χ2v) is 6.80. The van der Waals surface area contributed by atoms with Gasteiger partial charge in [-0.2, -0.15) is 13.2 Å². The van der Waals surface area contributed by atoms with E-state index in [4.69, 9.17) is 0 Å². The van der Waals surface area contributed by atoms with Gasteiger partial charge in [0.25, 0.3) is 0 Å². The van der Waals surface area contributed by atoms with E-state index < -0.39 is 12.1 Å². The molecule has 25 heavy (non-hydrogen) atoms. The molecule has 2 aromatic rings. The van der Waals surface area contributed by atoms with Gasteiger partial charge >= 0.3 is 12.1 Å². The van der Waals surface area contributed by atoms with E-state index in [2.05, 4.69) is 10.3 Å². The minimum atomic E-state index is -4.85. The van der Waals surface area contributed by atoms with Gasteiger partial charge in [-0.3, -0.25) is 14.0 Å². The van der Waals surface area contributed by atoms with Crippen molar-refractivity contribution in [2.24, 2.45) is 5.92 Å². The van der Waals surface area contributed by atoms with Crippen molar-refractivity contribution in [3.05, 3.63) is 23.5 Å². The lowest BCUT2D eigenvalue weighted by molar-refractivity contribution is -0.186. The maximum absolute atomic E-state index is 12.4. The van der Waals surface area contributed by atoms with Gasteiger partial charge in [-0.25, -0.2) is 4.98 Å². The van der Waals surface area contributed by atoms with Gasteiger partial charge in [0, 0.05) is 49.7 Å². The lowest BCUT2D eigenvalue weighted by Gasteiger charge is -2.31. The fraction of sp³-hybridized carbons (Fsp3) is 0.533. The van der Waals surface area contributed by atoms with E-state index in [0.29, 0.717) is 13.0 Å². The van der Waals surface area contributed by atoms with Crippen LogP contribution in [0.3, 0.4) is 0 Å². The number of aromatic nitrogens is 2. The average Bonchev–Trinajstić information content (AvgIpc) is 3.15. The molecule has 10 heteroatoms. The lowest BCUT2D eigenvalue weighted by atomic mass is 9.96. The SMILES string of the molecule is O=C(NCCc1cn2ccsc2n1)C1CCN(C(=O)C(F)(F)F)CC1. The molecule has 0 aromatic carbocycles. The summed E-state index contributed by atoms with van der Waals surface area (Å²) in [5, 5.41) is 4.74. The third kappa shape index (κ3) is 4.12. The molecule has 0 saturated carbocycles. The van der Waals surface area contributed by atoms with Gasteiger partial charge in [-0.1, -0.05) is 0 Å². The Morgan fingerprint density at radius 1 is 1.32 bits per heavy atom. The Kier molecular flexibility index (Phi) is 4.98. The number of imidazole rings is 1. The predicted octanol–water partition coefficient (Wildman–Crippen LogP) is 1.86. The summed E-state index contributed by atoms with van der Waals surface area (Å²) in [6, 6.07) is 0. The molecule has 1 saturated heterocycles. The van der Waals surface area contributed by atoms with Crippen LogP contribution in [0.5, 0.6) is 0 Å². The van der Waals surface area contributed by atoms with Crippen LogP contribution in [0.1, 0.15) is 18.5 Å². The Morgan fingerprint density at radius 3 is 2.68 bits per heavy atom. The molecule has 2 amide bonds. The van der Waals surface area contributed by atoms with Gasteiger partial charge in [0.05, 0.1) is 5.69 Å². The second-order valence-electron chi connectivity index (χ2n) is 5.93. The van der Waals surface area contributed by atoms with Crippen molar-refractivity contribution < 1.29 is 22.8 Å². The van der Waals surface area contributed by atoms with Crippen molar-refractivity contribution in [1.29, 1.82) is 0 Å². The molecule has 3 rings (SSSR count). The molecule has 1 fully saturated rings. The van der Waals surface area contributed by atoms with Crippen LogP contribution in [0.25, 0.3) is 4.96 Å². The molecule has 0 aliphatic carbocycles. The highest BCUT2D eigenvalue weighted by atomic mass is 32.1. The van der Waals surface area contributed by atoms with E-state index >= 15 is 0 Å². The quantitative estimate of drug-likeness (QED) is 0.888. The Hall–Kier alpha value is -2.10. The first-order chi connectivity index (χ1) is 11.8. The molecule has 1 aliphatic heterocycles. The highest BCUT2D eigenvalue weighted by molar-refractivity contribution is 7.15. The molecule has 0 atom stereocenters. The number of nitrogens with one attached hydrogen (secondary N) is 1. The van der Waals surface area contributed by atoms with Gasteiger partial charge in [-0.15, -0.1) is 11.3 Å². The number of rotatable bonds is 4. The third-order valence-corrected chi connectivity index (χ3v) is 4.99. The number of thiazole rings is 1. The third-order valence-electron chi connectivity index (χ3n) is 4.22. The van der Waals surface area contributed by atoms with E-state index in [0.717, 1.165) is 15.6 Å². The first kappa shape index (κ1) is 17.7. The molecule has 2 aromatic heterocycles. The van der Waals surface area contributed by atoms with Crippen molar-refractivity contribution in [3.63, 3.8) is 0 Å². The van der Waals surface area contributed by atoms with Gasteiger partial charge in [0.2, 0.25) is 5.91 Å². The highest BCUT2D eigenvalue weighted by Gasteiger charge is 2.43. The minimum absolute atomic E-state index is 0.0479. The van der Waals surface area contributed by atoms with Crippen molar-refractivity contribution in [2.75, 3.05) is 19.6 Å². The summed E-state index contributed by atoms with van der Waals surface area (Å²) in [4.78, 5) is 29.4. The molecule has 0 bridgehead atoms. The standard InChI is InChI=1S/C15H17F3N4O2S/c16-15(17,18)13(24)21-5-2-10(3-6-21)12(23)19-4-1-11-9-22-7-8-25-14(22)20-11/h7-10H,1-6H2,(H,19,23). The monoisotopic (exact) mass is 374 g/mol. The fourth-order valence-electron chi connectivity index (χ4n) is 2.88. The van der Waals surface area contributed by atoms with Gasteiger partial charge in [0.1, 0.15) is 0 Å². The van der Waals surface area contributed by atoms with E-state index in [-0.39, 0.29) is 37.8 Å². The number of carbonyl (C=O) groups is 2. The molecule has 1 aliphatic rings. The molecular weight excluding hydrogens is 357 g/mol. The van der Waals surface area contributed by atoms with Crippen LogP contribution < -0.4 is 5.32 Å². The fourth-order valence-corrected chi connectivity index (χ4v) is 3.60. The average molecular weight is 374 g/mol. The van der Waals surface area contributed by atoms with E-state index in [1.807, 2.05) is 22.2 Å². The van der Waals surface area contributed by atoms with Gasteiger partial charge in [0.15, 0.2) is 4.96 Å². The Balaban J connectivity index is 1.42. The Labute approximate surface area is 145 Å². The normalized spacial score (nSPS) is 16.4. The summed E-state index contributed by atoms with van der Waals surface area (Å²) in [6.45, 7) is 0.326. The molecule has 1 N–H and O–H groups in total. The van der Waals surface area contributed by atoms with Crippen LogP contribution >= 0.6 is 11.3 Å². The van der Waals surface area contributed by atoms with Crippen LogP contribution in [0.4, 0.5) is 13.2 Å². The highest BCUT2D eigenvalue weighted by Crippen LogP contribution is 2.24. The van der Waals surface area contributed by atoms with Gasteiger partial charge < -0.3 is 10.2 Å². The zero-order valence-electron chi connectivity index (χ0n) is 13.3. The molecular formula is C15H17F3N4O2S. The molecule has 136 valence electrons. The number of hydrogen-bond donors (Lipinski definition) is 1. The second kappa shape index (κ2) is 7.03. The van der Waals surface area contributed by atoms with Crippen molar-refractivity contribution >= 4 is 28.1 Å². The maximum Gasteiger partial charge on any atom is 0.471 e. The molecule has 0 spiro atoms. The number of piperidine rings is 1. The number of likely N-dealkylation sites (tertiary alicyclic amines) is 1. The largest absolute Gasteiger partial charge is 0.471 e. The molecule has 6 nitrogen and oxygen atoms in total. The number of fused-ring (bicyclic) bond motifs is 1. The summed E-state index contributed by atoms with van der Waals surface area (Å²) in [5.41, 5.74) is 0.873. The molecule has 3 heterocycles. The lowest BCUT2D eigenvalue weighted by Crippen LogP contribution is -2.47. The summed E-state index contributed by atoms with van der Waals surface area (Å²) < 4.78 is 39.1. The molecule has 0 radical (unpaired) electrons. The van der Waals surface area contributed by atoms with Crippen LogP contribution in [0.2, 0.25) is 0 Å². The van der Waals surface area contributed by atoms with E-state index in [1.165, 1.54) is 11.3 Å². The zero-order valence-corrected chi connectivity index (χ0v) is 14.1. The summed E-state index contributed by atoms with van der Waals surface area (Å²) in [5.74, 6) is -2.37. The number of nitrogens with zero attached hydrogens (tertiary/aromatic N) is 3. The summed E-state index contributed by atoms with van der Waals surface area (Å²) >= 11 is 1.53. The van der Waals surface area contributed by atoms with Crippen LogP contribution in [0, 0.1) is 5.92 Å². The van der Waals surface area contributed by atoms with Gasteiger partial charge in [-0.05, 0) is 12.8 Å². The maximum atomic E-state index is 12.4. The first-order valence-corrected chi connectivity index (χ1v) is 8.77. The van der Waals surface area contributed by atoms with Crippen molar-refractivity contribution in [3.8, 4) is 0 Å². The van der Waals surface area contributed by atoms with E-state index in [9.17, 15) is 22.8 Å². The summed E-state index contributed by atoms with van der Waals surface area (Å²) in [6.07, 6.45) is 0.0327. The number of carbonyl (C=O) groups excluding carboxylic acids is 2.